The zero-order valence-corrected chi connectivity index (χ0v) is 17.1. The number of fused-ring (bicyclic) bond motifs is 1. The van der Waals surface area contributed by atoms with Gasteiger partial charge in [0.05, 0.1) is 16.0 Å². The first kappa shape index (κ1) is 19.6. The zero-order chi connectivity index (χ0) is 18.9. The molecule has 3 aromatic rings. The first-order valence-corrected chi connectivity index (χ1v) is 10.8. The minimum Gasteiger partial charge on any atom is -0.361 e. The summed E-state index contributed by atoms with van der Waals surface area (Å²) < 4.78 is 2.01. The van der Waals surface area contributed by atoms with E-state index >= 15 is 0 Å². The molecule has 8 heteroatoms. The average molecular weight is 417 g/mol. The van der Waals surface area contributed by atoms with E-state index in [2.05, 4.69) is 33.3 Å². The van der Waals surface area contributed by atoms with Crippen molar-refractivity contribution in [1.29, 1.82) is 0 Å². The minimum absolute atomic E-state index is 0.146. The molecule has 1 heterocycles. The van der Waals surface area contributed by atoms with Crippen LogP contribution in [0, 0.1) is 0 Å². The Balaban J connectivity index is 1.29. The third kappa shape index (κ3) is 6.50. The number of nitrogens with zero attached hydrogens (tertiary/aromatic N) is 1. The molecule has 0 aliphatic rings. The van der Waals surface area contributed by atoms with Gasteiger partial charge in [0.1, 0.15) is 0 Å². The summed E-state index contributed by atoms with van der Waals surface area (Å²) in [6, 6.07) is 18.3. The molecule has 0 spiro atoms. The molecular weight excluding hydrogens is 396 g/mol. The molecular formula is C19H20N4OS3. The molecule has 0 bridgehead atoms. The van der Waals surface area contributed by atoms with Crippen LogP contribution in [0.2, 0.25) is 0 Å². The Morgan fingerprint density at radius 3 is 2.67 bits per heavy atom. The van der Waals surface area contributed by atoms with Gasteiger partial charge in [-0.05, 0) is 42.8 Å². The fourth-order valence-corrected chi connectivity index (χ4v) is 4.41. The van der Waals surface area contributed by atoms with E-state index in [0.717, 1.165) is 33.9 Å². The summed E-state index contributed by atoms with van der Waals surface area (Å²) in [5, 5.41) is 3.51. The quantitative estimate of drug-likeness (QED) is 0.237. The number of aryl methyl sites for hydroxylation is 1. The highest BCUT2D eigenvalue weighted by molar-refractivity contribution is 8.01. The number of nitrogens with one attached hydrogen (secondary N) is 3. The molecule has 2 aromatic carbocycles. The number of benzene rings is 2. The van der Waals surface area contributed by atoms with Gasteiger partial charge in [-0.3, -0.25) is 15.6 Å². The number of thioether (sulfide) groups is 1. The minimum atomic E-state index is -0.146. The van der Waals surface area contributed by atoms with Crippen LogP contribution in [0.25, 0.3) is 10.2 Å². The van der Waals surface area contributed by atoms with Gasteiger partial charge < -0.3 is 5.32 Å². The van der Waals surface area contributed by atoms with E-state index in [1.807, 2.05) is 42.5 Å². The van der Waals surface area contributed by atoms with Gasteiger partial charge in [-0.25, -0.2) is 4.98 Å². The summed E-state index contributed by atoms with van der Waals surface area (Å²) in [7, 11) is 0. The SMILES string of the molecule is O=C(CSc1nc2ccccc2s1)NNC(=S)NCCCc1ccccc1. The predicted molar refractivity (Wildman–Crippen MR) is 117 cm³/mol. The Kier molecular flexibility index (Phi) is 7.44. The van der Waals surface area contributed by atoms with Crippen LogP contribution in [0.3, 0.4) is 0 Å². The molecule has 5 nitrogen and oxygen atoms in total. The number of thiocarbonyl (C=S) groups is 1. The Morgan fingerprint density at radius 1 is 1.07 bits per heavy atom. The van der Waals surface area contributed by atoms with Gasteiger partial charge in [-0.2, -0.15) is 0 Å². The van der Waals surface area contributed by atoms with Crippen LogP contribution in [-0.2, 0) is 11.2 Å². The van der Waals surface area contributed by atoms with Crippen LogP contribution in [0.1, 0.15) is 12.0 Å². The van der Waals surface area contributed by atoms with Crippen molar-refractivity contribution in [3.05, 3.63) is 60.2 Å². The Bertz CT molecular complexity index is 865. The van der Waals surface area contributed by atoms with E-state index in [4.69, 9.17) is 12.2 Å². The monoisotopic (exact) mass is 416 g/mol. The van der Waals surface area contributed by atoms with Crippen LogP contribution in [0.5, 0.6) is 0 Å². The highest BCUT2D eigenvalue weighted by Crippen LogP contribution is 2.28. The molecule has 0 unspecified atom stereocenters. The molecule has 27 heavy (non-hydrogen) atoms. The number of hydrazine groups is 1. The largest absolute Gasteiger partial charge is 0.361 e. The van der Waals surface area contributed by atoms with Gasteiger partial charge in [-0.1, -0.05) is 54.2 Å². The van der Waals surface area contributed by atoms with Gasteiger partial charge in [0, 0.05) is 6.54 Å². The number of thiazole rings is 1. The molecule has 0 aliphatic carbocycles. The molecule has 3 N–H and O–H groups in total. The lowest BCUT2D eigenvalue weighted by Gasteiger charge is -2.11. The fourth-order valence-electron chi connectivity index (χ4n) is 2.39. The second kappa shape index (κ2) is 10.2. The van der Waals surface area contributed by atoms with Gasteiger partial charge in [0.25, 0.3) is 0 Å². The third-order valence-corrected chi connectivity index (χ3v) is 6.11. The number of rotatable bonds is 7. The number of amides is 1. The van der Waals surface area contributed by atoms with Crippen molar-refractivity contribution >= 4 is 56.6 Å². The summed E-state index contributed by atoms with van der Waals surface area (Å²) in [6.07, 6.45) is 1.95. The lowest BCUT2D eigenvalue weighted by atomic mass is 10.1. The van der Waals surface area contributed by atoms with E-state index in [9.17, 15) is 4.79 Å². The zero-order valence-electron chi connectivity index (χ0n) is 14.6. The summed E-state index contributed by atoms with van der Waals surface area (Å²) in [5.41, 5.74) is 7.61. The number of hydrogen-bond donors (Lipinski definition) is 3. The predicted octanol–water partition coefficient (Wildman–Crippen LogP) is 3.52. The van der Waals surface area contributed by atoms with Crippen LogP contribution < -0.4 is 16.2 Å². The van der Waals surface area contributed by atoms with Crippen molar-refractivity contribution in [2.24, 2.45) is 0 Å². The summed E-state index contributed by atoms with van der Waals surface area (Å²) >= 11 is 8.18. The molecule has 140 valence electrons. The smallest absolute Gasteiger partial charge is 0.248 e. The van der Waals surface area contributed by atoms with E-state index in [1.165, 1.54) is 17.3 Å². The number of hydrogen-bond acceptors (Lipinski definition) is 5. The molecule has 0 saturated carbocycles. The second-order valence-corrected chi connectivity index (χ2v) is 8.42. The maximum absolute atomic E-state index is 11.9. The molecule has 0 saturated heterocycles. The van der Waals surface area contributed by atoms with Gasteiger partial charge >= 0.3 is 0 Å². The van der Waals surface area contributed by atoms with E-state index in [-0.39, 0.29) is 11.7 Å². The summed E-state index contributed by atoms with van der Waals surface area (Å²) in [6.45, 7) is 0.747. The number of para-hydroxylation sites is 1. The normalized spacial score (nSPS) is 10.5. The van der Waals surface area contributed by atoms with E-state index in [0.29, 0.717) is 5.11 Å². The summed E-state index contributed by atoms with van der Waals surface area (Å²) in [5.74, 6) is 0.136. The van der Waals surface area contributed by atoms with Crippen LogP contribution >= 0.6 is 35.3 Å². The molecule has 0 atom stereocenters. The van der Waals surface area contributed by atoms with Crippen molar-refractivity contribution in [1.82, 2.24) is 21.2 Å². The Labute approximate surface area is 171 Å². The van der Waals surface area contributed by atoms with Crippen LogP contribution in [0.4, 0.5) is 0 Å². The lowest BCUT2D eigenvalue weighted by molar-refractivity contribution is -0.119. The molecule has 0 aliphatic heterocycles. The molecule has 0 radical (unpaired) electrons. The maximum atomic E-state index is 11.9. The topological polar surface area (TPSA) is 66.0 Å². The second-order valence-electron chi connectivity index (χ2n) is 5.75. The Morgan fingerprint density at radius 2 is 1.85 bits per heavy atom. The Hall–Kier alpha value is -2.16. The van der Waals surface area contributed by atoms with Crippen molar-refractivity contribution in [2.45, 2.75) is 17.2 Å². The highest BCUT2D eigenvalue weighted by atomic mass is 32.2. The summed E-state index contributed by atoms with van der Waals surface area (Å²) in [4.78, 5) is 16.4. The first-order chi connectivity index (χ1) is 13.2. The fraction of sp³-hybridized carbons (Fsp3) is 0.211. The van der Waals surface area contributed by atoms with Crippen molar-refractivity contribution in [2.75, 3.05) is 12.3 Å². The van der Waals surface area contributed by atoms with Gasteiger partial charge in [0.15, 0.2) is 9.45 Å². The molecule has 3 rings (SSSR count). The number of aromatic nitrogens is 1. The number of carbonyl (C=O) groups excluding carboxylic acids is 1. The highest BCUT2D eigenvalue weighted by Gasteiger charge is 2.07. The van der Waals surface area contributed by atoms with E-state index < -0.39 is 0 Å². The lowest BCUT2D eigenvalue weighted by Crippen LogP contribution is -2.47. The van der Waals surface area contributed by atoms with E-state index in [1.54, 1.807) is 11.3 Å². The number of carbonyl (C=O) groups is 1. The van der Waals surface area contributed by atoms with Crippen molar-refractivity contribution in [3.8, 4) is 0 Å². The van der Waals surface area contributed by atoms with Crippen molar-refractivity contribution in [3.63, 3.8) is 0 Å². The van der Waals surface area contributed by atoms with Crippen LogP contribution in [-0.4, -0.2) is 28.3 Å². The third-order valence-electron chi connectivity index (χ3n) is 3.69. The average Bonchev–Trinajstić information content (AvgIpc) is 3.12. The molecule has 1 aromatic heterocycles. The van der Waals surface area contributed by atoms with Crippen molar-refractivity contribution < 1.29 is 4.79 Å². The van der Waals surface area contributed by atoms with Gasteiger partial charge in [0.2, 0.25) is 5.91 Å². The maximum Gasteiger partial charge on any atom is 0.248 e. The van der Waals surface area contributed by atoms with Gasteiger partial charge in [-0.15, -0.1) is 11.3 Å². The first-order valence-electron chi connectivity index (χ1n) is 8.56. The van der Waals surface area contributed by atoms with Crippen LogP contribution in [0.15, 0.2) is 58.9 Å². The standard InChI is InChI=1S/C19H20N4OS3/c24-17(13-26-19-21-15-10-4-5-11-16(15)27-19)22-23-18(25)20-12-6-9-14-7-2-1-3-8-14/h1-5,7-8,10-11H,6,9,12-13H2,(H,22,24)(H2,20,23,25). The molecule has 1 amide bonds. The molecule has 0 fully saturated rings.